The van der Waals surface area contributed by atoms with Crippen LogP contribution in [0.1, 0.15) is 11.1 Å². The van der Waals surface area contributed by atoms with Crippen LogP contribution in [0.2, 0.25) is 0 Å². The molecule has 0 radical (unpaired) electrons. The summed E-state index contributed by atoms with van der Waals surface area (Å²) in [7, 11) is -4.13. The van der Waals surface area contributed by atoms with Crippen LogP contribution in [0.25, 0.3) is 6.08 Å². The van der Waals surface area contributed by atoms with Gasteiger partial charge in [0, 0.05) is 0 Å². The summed E-state index contributed by atoms with van der Waals surface area (Å²) in [6.07, 6.45) is 1.41. The van der Waals surface area contributed by atoms with Gasteiger partial charge < -0.3 is 8.92 Å². The summed E-state index contributed by atoms with van der Waals surface area (Å²) in [5.74, 6) is -1.99. The average molecular weight is 441 g/mol. The van der Waals surface area contributed by atoms with E-state index in [0.717, 1.165) is 24.3 Å². The van der Waals surface area contributed by atoms with Crippen LogP contribution in [0, 0.1) is 11.6 Å². The molecule has 156 valence electrons. The number of rotatable bonds is 5. The maximum Gasteiger partial charge on any atom is 0.363 e. The standard InChI is InChI=1S/C22H13F2NO5S/c23-15-7-11-17(12-8-15)31(27,28)30-16-9-5-14(6-10-16)13-20-22(26)29-21(25-20)18-3-1-2-4-19(18)24/h1-13H/b20-13+. The van der Waals surface area contributed by atoms with Crippen molar-refractivity contribution < 1.29 is 30.9 Å². The Morgan fingerprint density at radius 1 is 0.903 bits per heavy atom. The van der Waals surface area contributed by atoms with Crippen LogP contribution in [0.15, 0.2) is 88.4 Å². The fraction of sp³-hybridized carbons (Fsp3) is 0. The number of nitrogens with zero attached hydrogens (tertiary/aromatic N) is 1. The van der Waals surface area contributed by atoms with Gasteiger partial charge in [-0.15, -0.1) is 0 Å². The molecule has 0 saturated carbocycles. The molecule has 9 heteroatoms. The lowest BCUT2D eigenvalue weighted by Gasteiger charge is -2.07. The molecule has 0 bridgehead atoms. The number of halogens is 2. The van der Waals surface area contributed by atoms with Crippen molar-refractivity contribution >= 4 is 28.1 Å². The van der Waals surface area contributed by atoms with Crippen molar-refractivity contribution in [2.75, 3.05) is 0 Å². The number of carbonyl (C=O) groups excluding carboxylic acids is 1. The van der Waals surface area contributed by atoms with Gasteiger partial charge in [0.05, 0.1) is 5.56 Å². The molecule has 0 fully saturated rings. The SMILES string of the molecule is O=C1OC(c2ccccc2F)=N/C1=C/c1ccc(OS(=O)(=O)c2ccc(F)cc2)cc1. The molecule has 1 heterocycles. The molecule has 0 spiro atoms. The van der Waals surface area contributed by atoms with Gasteiger partial charge in [-0.05, 0) is 60.2 Å². The Kier molecular flexibility index (Phi) is 5.35. The molecule has 0 atom stereocenters. The Morgan fingerprint density at radius 2 is 1.58 bits per heavy atom. The molecule has 1 aliphatic rings. The summed E-state index contributed by atoms with van der Waals surface area (Å²) < 4.78 is 61.4. The third-order valence-electron chi connectivity index (χ3n) is 4.22. The van der Waals surface area contributed by atoms with Crippen LogP contribution in [0.3, 0.4) is 0 Å². The monoisotopic (exact) mass is 441 g/mol. The van der Waals surface area contributed by atoms with E-state index < -0.39 is 27.7 Å². The maximum atomic E-state index is 13.9. The highest BCUT2D eigenvalue weighted by atomic mass is 32.2. The zero-order valence-electron chi connectivity index (χ0n) is 15.7. The zero-order valence-corrected chi connectivity index (χ0v) is 16.5. The first-order chi connectivity index (χ1) is 14.8. The zero-order chi connectivity index (χ0) is 22.0. The summed E-state index contributed by atoms with van der Waals surface area (Å²) in [5.41, 5.74) is 0.539. The second-order valence-corrected chi connectivity index (χ2v) is 7.92. The van der Waals surface area contributed by atoms with E-state index in [2.05, 4.69) is 4.99 Å². The van der Waals surface area contributed by atoms with E-state index in [1.807, 2.05) is 0 Å². The molecule has 6 nitrogen and oxygen atoms in total. The Balaban J connectivity index is 1.53. The lowest BCUT2D eigenvalue weighted by molar-refractivity contribution is -0.129. The Labute approximate surface area is 176 Å². The van der Waals surface area contributed by atoms with Gasteiger partial charge in [0.25, 0.3) is 0 Å². The summed E-state index contributed by atoms with van der Waals surface area (Å²) in [6, 6.07) is 15.8. The third-order valence-corrected chi connectivity index (χ3v) is 5.48. The van der Waals surface area contributed by atoms with Gasteiger partial charge in [-0.2, -0.15) is 8.42 Å². The maximum absolute atomic E-state index is 13.9. The molecule has 3 aromatic rings. The first kappa shape index (κ1) is 20.4. The van der Waals surface area contributed by atoms with Gasteiger partial charge in [0.1, 0.15) is 22.3 Å². The van der Waals surface area contributed by atoms with Crippen LogP contribution in [0.5, 0.6) is 5.75 Å². The predicted octanol–water partition coefficient (Wildman–Crippen LogP) is 4.08. The number of esters is 1. The molecule has 4 rings (SSSR count). The van der Waals surface area contributed by atoms with E-state index in [4.69, 9.17) is 8.92 Å². The van der Waals surface area contributed by atoms with Gasteiger partial charge in [-0.3, -0.25) is 0 Å². The fourth-order valence-corrected chi connectivity index (χ4v) is 3.64. The van der Waals surface area contributed by atoms with Crippen molar-refractivity contribution in [1.82, 2.24) is 0 Å². The quantitative estimate of drug-likeness (QED) is 0.339. The molecule has 0 unspecified atom stereocenters. The van der Waals surface area contributed by atoms with Crippen molar-refractivity contribution in [3.05, 3.63) is 101 Å². The molecule has 0 aliphatic carbocycles. The van der Waals surface area contributed by atoms with Crippen LogP contribution >= 0.6 is 0 Å². The van der Waals surface area contributed by atoms with E-state index in [0.29, 0.717) is 5.56 Å². The van der Waals surface area contributed by atoms with Crippen LogP contribution in [-0.4, -0.2) is 20.3 Å². The molecule has 0 N–H and O–H groups in total. The van der Waals surface area contributed by atoms with E-state index in [1.165, 1.54) is 48.5 Å². The van der Waals surface area contributed by atoms with Crippen molar-refractivity contribution in [3.8, 4) is 5.75 Å². The van der Waals surface area contributed by atoms with Crippen molar-refractivity contribution in [2.24, 2.45) is 4.99 Å². The molecule has 1 aliphatic heterocycles. The number of hydrogen-bond acceptors (Lipinski definition) is 6. The summed E-state index contributed by atoms with van der Waals surface area (Å²) >= 11 is 0. The predicted molar refractivity (Wildman–Crippen MR) is 108 cm³/mol. The molecule has 31 heavy (non-hydrogen) atoms. The third kappa shape index (κ3) is 4.51. The van der Waals surface area contributed by atoms with E-state index >= 15 is 0 Å². The van der Waals surface area contributed by atoms with Gasteiger partial charge >= 0.3 is 16.1 Å². The minimum Gasteiger partial charge on any atom is -0.402 e. The lowest BCUT2D eigenvalue weighted by Crippen LogP contribution is -2.09. The van der Waals surface area contributed by atoms with E-state index in [-0.39, 0.29) is 27.8 Å². The van der Waals surface area contributed by atoms with Crippen LogP contribution in [-0.2, 0) is 19.6 Å². The highest BCUT2D eigenvalue weighted by Gasteiger charge is 2.26. The smallest absolute Gasteiger partial charge is 0.363 e. The number of carbonyl (C=O) groups is 1. The van der Waals surface area contributed by atoms with Gasteiger partial charge in [0.15, 0.2) is 5.70 Å². The molecular formula is C22H13F2NO5S. The van der Waals surface area contributed by atoms with Gasteiger partial charge in [0.2, 0.25) is 5.90 Å². The topological polar surface area (TPSA) is 82.0 Å². The Bertz CT molecular complexity index is 1310. The number of aliphatic imine (C=N–C) groups is 1. The second-order valence-electron chi connectivity index (χ2n) is 6.38. The number of hydrogen-bond donors (Lipinski definition) is 0. The van der Waals surface area contributed by atoms with Crippen molar-refractivity contribution in [1.29, 1.82) is 0 Å². The highest BCUT2D eigenvalue weighted by Crippen LogP contribution is 2.23. The van der Waals surface area contributed by atoms with Gasteiger partial charge in [-0.1, -0.05) is 24.3 Å². The van der Waals surface area contributed by atoms with Crippen LogP contribution in [0.4, 0.5) is 8.78 Å². The minimum atomic E-state index is -4.13. The normalized spacial score (nSPS) is 15.0. The molecule has 0 amide bonds. The molecular weight excluding hydrogens is 428 g/mol. The first-order valence-corrected chi connectivity index (χ1v) is 10.3. The lowest BCUT2D eigenvalue weighted by atomic mass is 10.2. The molecule has 0 saturated heterocycles. The van der Waals surface area contributed by atoms with Crippen LogP contribution < -0.4 is 4.18 Å². The second kappa shape index (κ2) is 8.11. The van der Waals surface area contributed by atoms with Gasteiger partial charge in [-0.25, -0.2) is 18.6 Å². The van der Waals surface area contributed by atoms with Crippen molar-refractivity contribution in [3.63, 3.8) is 0 Å². The Morgan fingerprint density at radius 3 is 2.26 bits per heavy atom. The fourth-order valence-electron chi connectivity index (χ4n) is 2.71. The largest absolute Gasteiger partial charge is 0.402 e. The number of benzene rings is 3. The van der Waals surface area contributed by atoms with E-state index in [1.54, 1.807) is 6.07 Å². The highest BCUT2D eigenvalue weighted by molar-refractivity contribution is 7.87. The average Bonchev–Trinajstić information content (AvgIpc) is 3.10. The minimum absolute atomic E-state index is 0.0241. The number of ether oxygens (including phenoxy) is 1. The first-order valence-electron chi connectivity index (χ1n) is 8.89. The van der Waals surface area contributed by atoms with E-state index in [9.17, 15) is 22.0 Å². The van der Waals surface area contributed by atoms with Crippen molar-refractivity contribution in [2.45, 2.75) is 4.90 Å². The molecule has 3 aromatic carbocycles. The number of cyclic esters (lactones) is 1. The Hall–Kier alpha value is -3.85. The molecule has 0 aromatic heterocycles. The summed E-state index contributed by atoms with van der Waals surface area (Å²) in [4.78, 5) is 15.9. The summed E-state index contributed by atoms with van der Waals surface area (Å²) in [6.45, 7) is 0. The summed E-state index contributed by atoms with van der Waals surface area (Å²) in [5, 5.41) is 0.